The zero-order valence-electron chi connectivity index (χ0n) is 10.0. The first kappa shape index (κ1) is 13.8. The highest BCUT2D eigenvalue weighted by atomic mass is 79.9. The third-order valence-electron chi connectivity index (χ3n) is 2.84. The molecule has 0 aliphatic carbocycles. The Bertz CT molecular complexity index is 552. The molecule has 94 valence electrons. The molecule has 2 rings (SSSR count). The van der Waals surface area contributed by atoms with Crippen molar-refractivity contribution < 1.29 is 5.11 Å². The van der Waals surface area contributed by atoms with Gasteiger partial charge in [-0.2, -0.15) is 0 Å². The zero-order chi connectivity index (χ0) is 13.1. The van der Waals surface area contributed by atoms with Crippen molar-refractivity contribution in [2.45, 2.75) is 19.4 Å². The predicted molar refractivity (Wildman–Crippen MR) is 81.7 cm³/mol. The van der Waals surface area contributed by atoms with Crippen LogP contribution in [0.4, 0.5) is 0 Å². The van der Waals surface area contributed by atoms with E-state index in [1.807, 2.05) is 30.3 Å². The summed E-state index contributed by atoms with van der Waals surface area (Å²) in [7, 11) is 0. The molecule has 1 unspecified atom stereocenters. The molecule has 1 N–H and O–H groups in total. The topological polar surface area (TPSA) is 20.2 Å². The van der Waals surface area contributed by atoms with E-state index in [2.05, 4.69) is 50.9 Å². The molecule has 3 heteroatoms. The van der Waals surface area contributed by atoms with Crippen molar-refractivity contribution in [1.29, 1.82) is 0 Å². The van der Waals surface area contributed by atoms with Crippen LogP contribution < -0.4 is 0 Å². The second kappa shape index (κ2) is 6.00. The van der Waals surface area contributed by atoms with Crippen LogP contribution in [-0.2, 0) is 6.42 Å². The number of aryl methyl sites for hydroxylation is 1. The van der Waals surface area contributed by atoms with Crippen molar-refractivity contribution in [3.05, 3.63) is 68.1 Å². The van der Waals surface area contributed by atoms with Gasteiger partial charge in [-0.1, -0.05) is 35.9 Å². The number of aliphatic hydroxyl groups is 1. The number of hydrogen-bond donors (Lipinski definition) is 1. The molecule has 0 amide bonds. The maximum atomic E-state index is 10.2. The Hall–Kier alpha value is -0.640. The number of halogens is 2. The van der Waals surface area contributed by atoms with Crippen molar-refractivity contribution in [3.63, 3.8) is 0 Å². The third kappa shape index (κ3) is 3.44. The molecule has 0 aromatic heterocycles. The van der Waals surface area contributed by atoms with Gasteiger partial charge in [0.1, 0.15) is 0 Å². The molecular formula is C15H14Br2O. The maximum Gasteiger partial charge on any atom is 0.0830 e. The van der Waals surface area contributed by atoms with Crippen LogP contribution in [0.2, 0.25) is 0 Å². The van der Waals surface area contributed by atoms with E-state index in [0.29, 0.717) is 6.42 Å². The Balaban J connectivity index is 2.16. The quantitative estimate of drug-likeness (QED) is 0.824. The number of rotatable bonds is 3. The summed E-state index contributed by atoms with van der Waals surface area (Å²) in [5, 5.41) is 10.2. The lowest BCUT2D eigenvalue weighted by molar-refractivity contribution is 0.178. The summed E-state index contributed by atoms with van der Waals surface area (Å²) in [4.78, 5) is 0. The van der Waals surface area contributed by atoms with Crippen molar-refractivity contribution in [2.75, 3.05) is 0 Å². The van der Waals surface area contributed by atoms with Gasteiger partial charge in [0.2, 0.25) is 0 Å². The average Bonchev–Trinajstić information content (AvgIpc) is 2.32. The molecule has 0 bridgehead atoms. The summed E-state index contributed by atoms with van der Waals surface area (Å²) < 4.78 is 1.96. The van der Waals surface area contributed by atoms with Crippen LogP contribution in [0.5, 0.6) is 0 Å². The molecule has 0 radical (unpaired) electrons. The standard InChI is InChI=1S/C15H14Br2O/c1-10-3-2-4-11(7-10)8-15(18)12-5-6-13(16)14(17)9-12/h2-7,9,15,18H,8H2,1H3. The summed E-state index contributed by atoms with van der Waals surface area (Å²) in [5.41, 5.74) is 3.30. The highest BCUT2D eigenvalue weighted by Gasteiger charge is 2.10. The minimum Gasteiger partial charge on any atom is -0.388 e. The van der Waals surface area contributed by atoms with Gasteiger partial charge in [-0.15, -0.1) is 0 Å². The minimum atomic E-state index is -0.476. The lowest BCUT2D eigenvalue weighted by Gasteiger charge is -2.12. The molecule has 18 heavy (non-hydrogen) atoms. The Morgan fingerprint density at radius 2 is 1.83 bits per heavy atom. The summed E-state index contributed by atoms with van der Waals surface area (Å²) in [5.74, 6) is 0. The first-order valence-electron chi connectivity index (χ1n) is 5.75. The van der Waals surface area contributed by atoms with Gasteiger partial charge >= 0.3 is 0 Å². The second-order valence-corrected chi connectivity index (χ2v) is 6.09. The molecule has 2 aromatic carbocycles. The normalized spacial score (nSPS) is 12.4. The van der Waals surface area contributed by atoms with Gasteiger partial charge in [0.15, 0.2) is 0 Å². The van der Waals surface area contributed by atoms with Crippen LogP contribution in [0.25, 0.3) is 0 Å². The molecule has 1 nitrogen and oxygen atoms in total. The number of benzene rings is 2. The SMILES string of the molecule is Cc1cccc(CC(O)c2ccc(Br)c(Br)c2)c1. The molecule has 0 saturated heterocycles. The molecule has 2 aromatic rings. The Morgan fingerprint density at radius 3 is 2.50 bits per heavy atom. The van der Waals surface area contributed by atoms with Crippen molar-refractivity contribution >= 4 is 31.9 Å². The van der Waals surface area contributed by atoms with E-state index in [9.17, 15) is 5.11 Å². The summed E-state index contributed by atoms with van der Waals surface area (Å²) in [6.45, 7) is 2.06. The van der Waals surface area contributed by atoms with Crippen LogP contribution in [0.15, 0.2) is 51.4 Å². The Kier molecular flexibility index (Phi) is 4.60. The second-order valence-electron chi connectivity index (χ2n) is 4.38. The zero-order valence-corrected chi connectivity index (χ0v) is 13.2. The van der Waals surface area contributed by atoms with Crippen molar-refractivity contribution in [3.8, 4) is 0 Å². The van der Waals surface area contributed by atoms with E-state index >= 15 is 0 Å². The average molecular weight is 370 g/mol. The first-order chi connectivity index (χ1) is 8.56. The first-order valence-corrected chi connectivity index (χ1v) is 7.33. The number of hydrogen-bond acceptors (Lipinski definition) is 1. The highest BCUT2D eigenvalue weighted by molar-refractivity contribution is 9.13. The molecular weight excluding hydrogens is 356 g/mol. The fourth-order valence-corrected chi connectivity index (χ4v) is 2.54. The monoisotopic (exact) mass is 368 g/mol. The maximum absolute atomic E-state index is 10.2. The molecule has 0 aliphatic heterocycles. The molecule has 1 atom stereocenters. The highest BCUT2D eigenvalue weighted by Crippen LogP contribution is 2.27. The van der Waals surface area contributed by atoms with Crippen molar-refractivity contribution in [1.82, 2.24) is 0 Å². The van der Waals surface area contributed by atoms with E-state index in [1.54, 1.807) is 0 Å². The van der Waals surface area contributed by atoms with Crippen LogP contribution >= 0.6 is 31.9 Å². The summed E-state index contributed by atoms with van der Waals surface area (Å²) >= 11 is 6.88. The van der Waals surface area contributed by atoms with Crippen LogP contribution in [-0.4, -0.2) is 5.11 Å². The number of aliphatic hydroxyl groups excluding tert-OH is 1. The van der Waals surface area contributed by atoms with E-state index in [0.717, 1.165) is 20.1 Å². The van der Waals surface area contributed by atoms with E-state index in [1.165, 1.54) is 5.56 Å². The van der Waals surface area contributed by atoms with Crippen molar-refractivity contribution in [2.24, 2.45) is 0 Å². The Morgan fingerprint density at radius 1 is 1.06 bits per heavy atom. The van der Waals surface area contributed by atoms with Gasteiger partial charge < -0.3 is 5.11 Å². The van der Waals surface area contributed by atoms with Gasteiger partial charge in [-0.25, -0.2) is 0 Å². The van der Waals surface area contributed by atoms with Crippen LogP contribution in [0, 0.1) is 6.92 Å². The molecule has 0 fully saturated rings. The lowest BCUT2D eigenvalue weighted by Crippen LogP contribution is -2.02. The van der Waals surface area contributed by atoms with Gasteiger partial charge in [0.25, 0.3) is 0 Å². The van der Waals surface area contributed by atoms with Gasteiger partial charge in [0.05, 0.1) is 6.10 Å². The molecule has 0 spiro atoms. The Labute approximate surface area is 124 Å². The van der Waals surface area contributed by atoms with Crippen LogP contribution in [0.1, 0.15) is 22.8 Å². The summed E-state index contributed by atoms with van der Waals surface area (Å²) in [6.07, 6.45) is 0.159. The summed E-state index contributed by atoms with van der Waals surface area (Å²) in [6, 6.07) is 14.1. The smallest absolute Gasteiger partial charge is 0.0830 e. The third-order valence-corrected chi connectivity index (χ3v) is 4.72. The predicted octanol–water partition coefficient (Wildman–Crippen LogP) is 4.80. The van der Waals surface area contributed by atoms with Gasteiger partial charge in [0, 0.05) is 15.4 Å². The van der Waals surface area contributed by atoms with E-state index in [-0.39, 0.29) is 0 Å². The van der Waals surface area contributed by atoms with Crippen LogP contribution in [0.3, 0.4) is 0 Å². The molecule has 0 saturated carbocycles. The van der Waals surface area contributed by atoms with E-state index < -0.39 is 6.10 Å². The molecule has 0 heterocycles. The largest absolute Gasteiger partial charge is 0.388 e. The lowest BCUT2D eigenvalue weighted by atomic mass is 10.0. The fourth-order valence-electron chi connectivity index (χ4n) is 1.90. The van der Waals surface area contributed by atoms with Gasteiger partial charge in [-0.05, 0) is 62.0 Å². The van der Waals surface area contributed by atoms with Gasteiger partial charge in [-0.3, -0.25) is 0 Å². The van der Waals surface area contributed by atoms with E-state index in [4.69, 9.17) is 0 Å². The minimum absolute atomic E-state index is 0.476. The fraction of sp³-hybridized carbons (Fsp3) is 0.200. The molecule has 0 aliphatic rings.